The number of benzene rings is 1. The molecule has 0 unspecified atom stereocenters. The first kappa shape index (κ1) is 21.7. The Kier molecular flexibility index (Phi) is 5.95. The van der Waals surface area contributed by atoms with E-state index in [4.69, 9.17) is 18.9 Å². The molecule has 5 rings (SSSR count). The monoisotopic (exact) mass is 467 g/mol. The van der Waals surface area contributed by atoms with E-state index in [2.05, 4.69) is 11.4 Å². The summed E-state index contributed by atoms with van der Waals surface area (Å²) in [6, 6.07) is 9.66. The number of dihydropyridines is 1. The van der Waals surface area contributed by atoms with Gasteiger partial charge in [-0.15, -0.1) is 11.3 Å². The number of carbonyl (C=O) groups excluding carboxylic acids is 2. The highest BCUT2D eigenvalue weighted by Crippen LogP contribution is 2.47. The summed E-state index contributed by atoms with van der Waals surface area (Å²) in [6.07, 6.45) is 1.12. The molecule has 1 aliphatic carbocycles. The van der Waals surface area contributed by atoms with Gasteiger partial charge in [-0.05, 0) is 42.5 Å². The van der Waals surface area contributed by atoms with E-state index in [0.717, 1.165) is 11.3 Å². The van der Waals surface area contributed by atoms with Gasteiger partial charge in [0.15, 0.2) is 17.3 Å². The van der Waals surface area contributed by atoms with Crippen LogP contribution in [0, 0.1) is 0 Å². The van der Waals surface area contributed by atoms with Gasteiger partial charge in [0.1, 0.15) is 6.61 Å². The fourth-order valence-corrected chi connectivity index (χ4v) is 5.59. The maximum absolute atomic E-state index is 13.5. The fourth-order valence-electron chi connectivity index (χ4n) is 4.76. The molecule has 8 heteroatoms. The Bertz CT molecular complexity index is 1150. The van der Waals surface area contributed by atoms with Crippen molar-refractivity contribution < 1.29 is 28.5 Å². The van der Waals surface area contributed by atoms with Crippen molar-refractivity contribution in [1.29, 1.82) is 0 Å². The number of fused-ring (bicyclic) bond motifs is 1. The number of rotatable bonds is 6. The van der Waals surface area contributed by atoms with Gasteiger partial charge in [0.2, 0.25) is 6.79 Å². The molecule has 0 bridgehead atoms. The predicted octanol–water partition coefficient (Wildman–Crippen LogP) is 4.03. The maximum Gasteiger partial charge on any atom is 0.336 e. The topological polar surface area (TPSA) is 83.1 Å². The van der Waals surface area contributed by atoms with Gasteiger partial charge in [0.25, 0.3) is 0 Å². The second kappa shape index (κ2) is 9.03. The molecule has 1 N–H and O–H groups in total. The quantitative estimate of drug-likeness (QED) is 0.507. The van der Waals surface area contributed by atoms with Gasteiger partial charge in [-0.1, -0.05) is 12.1 Å². The van der Waals surface area contributed by atoms with Gasteiger partial charge in [-0.3, -0.25) is 4.79 Å². The molecule has 7 nitrogen and oxygen atoms in total. The third-order valence-electron chi connectivity index (χ3n) is 6.24. The van der Waals surface area contributed by atoms with Crippen LogP contribution in [0.2, 0.25) is 0 Å². The summed E-state index contributed by atoms with van der Waals surface area (Å²) in [7, 11) is 1.55. The lowest BCUT2D eigenvalue weighted by Crippen LogP contribution is -2.36. The van der Waals surface area contributed by atoms with E-state index in [1.54, 1.807) is 18.4 Å². The van der Waals surface area contributed by atoms with E-state index in [9.17, 15) is 9.59 Å². The average molecular weight is 468 g/mol. The third kappa shape index (κ3) is 4.05. The normalized spacial score (nSPS) is 21.7. The number of nitrogens with one attached hydrogen (secondary N) is 1. The third-order valence-corrected chi connectivity index (χ3v) is 7.28. The summed E-state index contributed by atoms with van der Waals surface area (Å²) < 4.78 is 21.5. The summed E-state index contributed by atoms with van der Waals surface area (Å²) in [5, 5.41) is 5.40. The molecule has 0 saturated carbocycles. The standard InChI is InChI=1S/C25H25NO6S/c1-14-22(25(28)30-8-7-29-2)23(15-5-6-19-20(12-15)32-13-31-19)24-17(26-14)10-16(11-18(24)27)21-4-3-9-33-21/h3-6,9,12,16,23,26H,7-8,10-11,13H2,1-2H3/t16-,23+/m0/s1. The molecular weight excluding hydrogens is 442 g/mol. The van der Waals surface area contributed by atoms with Crippen LogP contribution in [0.25, 0.3) is 0 Å². The zero-order chi connectivity index (χ0) is 22.9. The Morgan fingerprint density at radius 1 is 1.18 bits per heavy atom. The average Bonchev–Trinajstić information content (AvgIpc) is 3.49. The Hall–Kier alpha value is -3.10. The van der Waals surface area contributed by atoms with Gasteiger partial charge < -0.3 is 24.3 Å². The van der Waals surface area contributed by atoms with Crippen LogP contribution in [-0.2, 0) is 19.1 Å². The van der Waals surface area contributed by atoms with E-state index in [0.29, 0.717) is 47.8 Å². The lowest BCUT2D eigenvalue weighted by Gasteiger charge is -2.36. The molecular formula is C25H25NO6S. The largest absolute Gasteiger partial charge is 0.460 e. The van der Waals surface area contributed by atoms with Crippen LogP contribution in [0.5, 0.6) is 11.5 Å². The van der Waals surface area contributed by atoms with E-state index >= 15 is 0 Å². The number of thiophene rings is 1. The Balaban J connectivity index is 1.56. The van der Waals surface area contributed by atoms with E-state index in [1.165, 1.54) is 4.88 Å². The summed E-state index contributed by atoms with van der Waals surface area (Å²) in [6.45, 7) is 2.45. The molecule has 2 atom stereocenters. The van der Waals surface area contributed by atoms with Crippen molar-refractivity contribution in [1.82, 2.24) is 5.32 Å². The predicted molar refractivity (Wildman–Crippen MR) is 122 cm³/mol. The number of esters is 1. The molecule has 172 valence electrons. The van der Waals surface area contributed by atoms with E-state index < -0.39 is 11.9 Å². The van der Waals surface area contributed by atoms with Gasteiger partial charge in [0.05, 0.1) is 12.2 Å². The molecule has 0 fully saturated rings. The minimum absolute atomic E-state index is 0.0412. The lowest BCUT2D eigenvalue weighted by atomic mass is 9.72. The van der Waals surface area contributed by atoms with Crippen LogP contribution < -0.4 is 14.8 Å². The molecule has 2 aliphatic heterocycles. The number of ether oxygens (including phenoxy) is 4. The van der Waals surface area contributed by atoms with E-state index in [1.807, 2.05) is 36.6 Å². The first-order valence-corrected chi connectivity index (χ1v) is 11.8. The smallest absolute Gasteiger partial charge is 0.336 e. The summed E-state index contributed by atoms with van der Waals surface area (Å²) in [5.41, 5.74) is 3.43. The lowest BCUT2D eigenvalue weighted by molar-refractivity contribution is -0.140. The molecule has 0 saturated heterocycles. The van der Waals surface area contributed by atoms with Crippen molar-refractivity contribution >= 4 is 23.1 Å². The van der Waals surface area contributed by atoms with Crippen molar-refractivity contribution in [2.45, 2.75) is 31.6 Å². The van der Waals surface area contributed by atoms with Gasteiger partial charge in [-0.25, -0.2) is 4.79 Å². The molecule has 1 aromatic heterocycles. The molecule has 2 aromatic rings. The Morgan fingerprint density at radius 2 is 2.03 bits per heavy atom. The Labute approximate surface area is 196 Å². The van der Waals surface area contributed by atoms with Crippen LogP contribution in [-0.4, -0.2) is 38.9 Å². The first-order chi connectivity index (χ1) is 16.1. The highest BCUT2D eigenvalue weighted by atomic mass is 32.1. The molecule has 33 heavy (non-hydrogen) atoms. The SMILES string of the molecule is COCCOC(=O)C1=C(C)NC2=C(C(=O)C[C@@H](c3cccs3)C2)[C@@H]1c1ccc2c(c1)OCO2. The summed E-state index contributed by atoms with van der Waals surface area (Å²) in [4.78, 5) is 27.9. The Morgan fingerprint density at radius 3 is 2.82 bits per heavy atom. The van der Waals surface area contributed by atoms with Crippen molar-refractivity contribution in [3.63, 3.8) is 0 Å². The number of methoxy groups -OCH3 is 1. The van der Waals surface area contributed by atoms with Crippen LogP contribution in [0.15, 0.2) is 58.3 Å². The van der Waals surface area contributed by atoms with Gasteiger partial charge in [-0.2, -0.15) is 0 Å². The molecule has 3 heterocycles. The zero-order valence-corrected chi connectivity index (χ0v) is 19.3. The van der Waals surface area contributed by atoms with Crippen molar-refractivity contribution in [3.05, 3.63) is 68.7 Å². The van der Waals surface area contributed by atoms with E-state index in [-0.39, 0.29) is 25.1 Å². The molecule has 3 aliphatic rings. The fraction of sp³-hybridized carbons (Fsp3) is 0.360. The number of allylic oxidation sites excluding steroid dienone is 3. The van der Waals surface area contributed by atoms with Crippen LogP contribution in [0.3, 0.4) is 0 Å². The highest BCUT2D eigenvalue weighted by Gasteiger charge is 2.42. The number of hydrogen-bond acceptors (Lipinski definition) is 8. The van der Waals surface area contributed by atoms with Gasteiger partial charge in [0, 0.05) is 47.2 Å². The van der Waals surface area contributed by atoms with Crippen molar-refractivity contribution in [3.8, 4) is 11.5 Å². The minimum atomic E-state index is -0.539. The number of carbonyl (C=O) groups is 2. The summed E-state index contributed by atoms with van der Waals surface area (Å²) >= 11 is 1.67. The number of Topliss-reactive ketones (excluding diaryl/α,β-unsaturated/α-hetero) is 1. The van der Waals surface area contributed by atoms with Gasteiger partial charge >= 0.3 is 5.97 Å². The minimum Gasteiger partial charge on any atom is -0.460 e. The molecule has 0 radical (unpaired) electrons. The van der Waals surface area contributed by atoms with Crippen molar-refractivity contribution in [2.24, 2.45) is 0 Å². The highest BCUT2D eigenvalue weighted by molar-refractivity contribution is 7.10. The second-order valence-corrected chi connectivity index (χ2v) is 9.25. The van der Waals surface area contributed by atoms with Crippen molar-refractivity contribution in [2.75, 3.05) is 27.1 Å². The van der Waals surface area contributed by atoms with Crippen LogP contribution in [0.4, 0.5) is 0 Å². The number of hydrogen-bond donors (Lipinski definition) is 1. The zero-order valence-electron chi connectivity index (χ0n) is 18.5. The first-order valence-electron chi connectivity index (χ1n) is 10.9. The molecule has 0 amide bonds. The van der Waals surface area contributed by atoms with Crippen LogP contribution >= 0.6 is 11.3 Å². The second-order valence-electron chi connectivity index (χ2n) is 8.27. The molecule has 0 spiro atoms. The molecule has 1 aromatic carbocycles. The summed E-state index contributed by atoms with van der Waals surface area (Å²) in [5.74, 6) is 0.433. The van der Waals surface area contributed by atoms with Crippen LogP contribution in [0.1, 0.15) is 42.0 Å². The number of ketones is 1. The maximum atomic E-state index is 13.5.